The number of halogens is 2. The number of hydrogen-bond donors (Lipinski definition) is 1. The Morgan fingerprint density at radius 3 is 2.62 bits per heavy atom. The lowest BCUT2D eigenvalue weighted by Gasteiger charge is -2.34. The molecule has 1 aromatic heterocycles. The molecule has 2 aromatic rings. The minimum Gasteiger partial charge on any atom is -0.505 e. The minimum absolute atomic E-state index is 0.334. The van der Waals surface area contributed by atoms with Gasteiger partial charge in [-0.25, -0.2) is 8.78 Å². The third-order valence-corrected chi connectivity index (χ3v) is 4.00. The zero-order valence-corrected chi connectivity index (χ0v) is 13.1. The number of nitrogens with zero attached hydrogens (tertiary/aromatic N) is 3. The normalized spacial score (nSPS) is 15.7. The van der Waals surface area contributed by atoms with Crippen LogP contribution in [0.2, 0.25) is 0 Å². The molecule has 0 saturated carbocycles. The van der Waals surface area contributed by atoms with Gasteiger partial charge in [-0.3, -0.25) is 9.69 Å². The van der Waals surface area contributed by atoms with E-state index in [4.69, 9.17) is 4.52 Å². The Balaban J connectivity index is 1.64. The van der Waals surface area contributed by atoms with Crippen molar-refractivity contribution in [1.82, 2.24) is 15.0 Å². The van der Waals surface area contributed by atoms with Crippen molar-refractivity contribution in [3.63, 3.8) is 0 Å². The number of aromatic hydroxyl groups is 1. The molecule has 8 heteroatoms. The van der Waals surface area contributed by atoms with Gasteiger partial charge in [0.1, 0.15) is 11.4 Å². The molecule has 2 heterocycles. The van der Waals surface area contributed by atoms with Crippen LogP contribution in [0.15, 0.2) is 22.7 Å². The second-order valence-corrected chi connectivity index (χ2v) is 5.76. The van der Waals surface area contributed by atoms with Crippen molar-refractivity contribution in [3.05, 3.63) is 46.9 Å². The van der Waals surface area contributed by atoms with Crippen molar-refractivity contribution in [3.8, 4) is 5.75 Å². The third-order valence-electron chi connectivity index (χ3n) is 4.00. The smallest absolute Gasteiger partial charge is 0.260 e. The van der Waals surface area contributed by atoms with Gasteiger partial charge >= 0.3 is 0 Å². The van der Waals surface area contributed by atoms with Gasteiger partial charge in [-0.15, -0.1) is 0 Å². The number of phenolic OH excluding ortho intramolecular Hbond substituents is 1. The zero-order valence-electron chi connectivity index (χ0n) is 13.1. The molecule has 3 rings (SSSR count). The highest BCUT2D eigenvalue weighted by Crippen LogP contribution is 2.23. The fraction of sp³-hybridized carbons (Fsp3) is 0.375. The summed E-state index contributed by atoms with van der Waals surface area (Å²) in [5, 5.41) is 13.2. The van der Waals surface area contributed by atoms with Crippen molar-refractivity contribution in [2.75, 3.05) is 26.2 Å². The number of carbonyl (C=O) groups excluding carboxylic acids is 1. The van der Waals surface area contributed by atoms with Gasteiger partial charge in [0.2, 0.25) is 0 Å². The molecular weight excluding hydrogens is 320 g/mol. The molecule has 0 spiro atoms. The van der Waals surface area contributed by atoms with E-state index >= 15 is 0 Å². The van der Waals surface area contributed by atoms with Crippen molar-refractivity contribution in [2.45, 2.75) is 13.5 Å². The summed E-state index contributed by atoms with van der Waals surface area (Å²) in [4.78, 5) is 15.8. The lowest BCUT2D eigenvalue weighted by molar-refractivity contribution is 0.0607. The maximum Gasteiger partial charge on any atom is 0.260 e. The lowest BCUT2D eigenvalue weighted by Crippen LogP contribution is -2.48. The van der Waals surface area contributed by atoms with Gasteiger partial charge < -0.3 is 14.5 Å². The van der Waals surface area contributed by atoms with E-state index in [0.29, 0.717) is 32.7 Å². The SMILES string of the molecule is Cc1cc(CN2CCN(C(=O)c3c(F)ccc(O)c3F)CC2)on1. The number of hydrogen-bond acceptors (Lipinski definition) is 5. The van der Waals surface area contributed by atoms with E-state index in [1.165, 1.54) is 4.90 Å². The van der Waals surface area contributed by atoms with Gasteiger partial charge in [-0.1, -0.05) is 5.16 Å². The predicted octanol–water partition coefficient (Wildman–Crippen LogP) is 1.92. The summed E-state index contributed by atoms with van der Waals surface area (Å²) in [5.41, 5.74) is 0.0861. The molecule has 0 bridgehead atoms. The maximum atomic E-state index is 13.9. The van der Waals surface area contributed by atoms with Crippen LogP contribution in [0.1, 0.15) is 21.8 Å². The molecule has 1 saturated heterocycles. The van der Waals surface area contributed by atoms with Crippen LogP contribution in [0, 0.1) is 18.6 Å². The summed E-state index contributed by atoms with van der Waals surface area (Å²) >= 11 is 0. The first-order valence-corrected chi connectivity index (χ1v) is 7.56. The summed E-state index contributed by atoms with van der Waals surface area (Å²) in [7, 11) is 0. The number of rotatable bonds is 3. The Kier molecular flexibility index (Phi) is 4.48. The molecule has 128 valence electrons. The largest absolute Gasteiger partial charge is 0.505 e. The summed E-state index contributed by atoms with van der Waals surface area (Å²) in [6.07, 6.45) is 0. The van der Waals surface area contributed by atoms with Gasteiger partial charge in [0, 0.05) is 32.2 Å². The average molecular weight is 337 g/mol. The number of phenols is 1. The van der Waals surface area contributed by atoms with Crippen LogP contribution in [0.5, 0.6) is 5.75 Å². The van der Waals surface area contributed by atoms with E-state index in [2.05, 4.69) is 10.1 Å². The first kappa shape index (κ1) is 16.4. The van der Waals surface area contributed by atoms with E-state index < -0.39 is 28.9 Å². The molecule has 0 unspecified atom stereocenters. The Morgan fingerprint density at radius 2 is 2.00 bits per heavy atom. The number of amides is 1. The topological polar surface area (TPSA) is 69.8 Å². The summed E-state index contributed by atoms with van der Waals surface area (Å²) in [6, 6.07) is 3.61. The monoisotopic (exact) mass is 337 g/mol. The number of aryl methyl sites for hydroxylation is 1. The fourth-order valence-corrected chi connectivity index (χ4v) is 2.72. The highest BCUT2D eigenvalue weighted by atomic mass is 19.1. The van der Waals surface area contributed by atoms with Crippen molar-refractivity contribution < 1.29 is 23.2 Å². The van der Waals surface area contributed by atoms with Gasteiger partial charge in [-0.2, -0.15) is 0 Å². The van der Waals surface area contributed by atoms with Crippen molar-refractivity contribution in [1.29, 1.82) is 0 Å². The quantitative estimate of drug-likeness (QED) is 0.927. The van der Waals surface area contributed by atoms with Crippen LogP contribution in [0.4, 0.5) is 8.78 Å². The summed E-state index contributed by atoms with van der Waals surface area (Å²) in [6.45, 7) is 4.17. The number of carbonyl (C=O) groups is 1. The Morgan fingerprint density at radius 1 is 1.29 bits per heavy atom. The van der Waals surface area contributed by atoms with Crippen LogP contribution >= 0.6 is 0 Å². The molecule has 6 nitrogen and oxygen atoms in total. The third kappa shape index (κ3) is 3.23. The first-order valence-electron chi connectivity index (χ1n) is 7.56. The molecule has 1 aromatic carbocycles. The standard InChI is InChI=1S/C16H17F2N3O3/c1-10-8-11(24-19-10)9-20-4-6-21(7-5-20)16(23)14-12(17)2-3-13(22)15(14)18/h2-3,8,22H,4-7,9H2,1H3. The van der Waals surface area contributed by atoms with E-state index in [1.807, 2.05) is 13.0 Å². The second-order valence-electron chi connectivity index (χ2n) is 5.76. The van der Waals surface area contributed by atoms with E-state index in [0.717, 1.165) is 23.6 Å². The van der Waals surface area contributed by atoms with E-state index in [-0.39, 0.29) is 0 Å². The molecule has 0 radical (unpaired) electrons. The van der Waals surface area contributed by atoms with Crippen molar-refractivity contribution in [2.24, 2.45) is 0 Å². The number of piperazine rings is 1. The highest BCUT2D eigenvalue weighted by molar-refractivity contribution is 5.95. The van der Waals surface area contributed by atoms with Crippen molar-refractivity contribution >= 4 is 5.91 Å². The zero-order chi connectivity index (χ0) is 17.3. The Bertz CT molecular complexity index is 755. The van der Waals surface area contributed by atoms with Gasteiger partial charge in [-0.05, 0) is 19.1 Å². The fourth-order valence-electron chi connectivity index (χ4n) is 2.72. The van der Waals surface area contributed by atoms with E-state index in [1.54, 1.807) is 0 Å². The van der Waals surface area contributed by atoms with Gasteiger partial charge in [0.25, 0.3) is 5.91 Å². The molecule has 1 aliphatic heterocycles. The second kappa shape index (κ2) is 6.56. The molecule has 1 amide bonds. The molecule has 1 N–H and O–H groups in total. The lowest BCUT2D eigenvalue weighted by atomic mass is 10.1. The Hall–Kier alpha value is -2.48. The van der Waals surface area contributed by atoms with Crippen LogP contribution in [0.3, 0.4) is 0 Å². The van der Waals surface area contributed by atoms with Crippen LogP contribution in [-0.4, -0.2) is 52.1 Å². The van der Waals surface area contributed by atoms with E-state index in [9.17, 15) is 18.7 Å². The van der Waals surface area contributed by atoms with Gasteiger partial charge in [0.15, 0.2) is 17.3 Å². The van der Waals surface area contributed by atoms with Crippen LogP contribution in [0.25, 0.3) is 0 Å². The first-order chi connectivity index (χ1) is 11.5. The Labute approximate surface area is 137 Å². The molecule has 24 heavy (non-hydrogen) atoms. The summed E-state index contributed by atoms with van der Waals surface area (Å²) < 4.78 is 32.8. The number of aromatic nitrogens is 1. The molecule has 1 aliphatic rings. The molecule has 1 fully saturated rings. The molecular formula is C16H17F2N3O3. The van der Waals surface area contributed by atoms with Crippen LogP contribution in [-0.2, 0) is 6.54 Å². The van der Waals surface area contributed by atoms with Crippen LogP contribution < -0.4 is 0 Å². The number of benzene rings is 1. The predicted molar refractivity (Wildman–Crippen MR) is 80.4 cm³/mol. The average Bonchev–Trinajstić information content (AvgIpc) is 2.97. The summed E-state index contributed by atoms with van der Waals surface area (Å²) in [5.74, 6) is -2.96. The highest BCUT2D eigenvalue weighted by Gasteiger charge is 2.28. The molecule has 0 atom stereocenters. The minimum atomic E-state index is -1.22. The molecule has 0 aliphatic carbocycles. The maximum absolute atomic E-state index is 13.9. The van der Waals surface area contributed by atoms with Gasteiger partial charge in [0.05, 0.1) is 12.2 Å².